The number of carbonyl (C=O) groups excluding carboxylic acids is 1. The molecule has 0 spiro atoms. The maximum Gasteiger partial charge on any atom is 0.262 e. The van der Waals surface area contributed by atoms with Crippen LogP contribution in [0.25, 0.3) is 0 Å². The van der Waals surface area contributed by atoms with Crippen LogP contribution in [0.5, 0.6) is 5.75 Å². The van der Waals surface area contributed by atoms with Crippen LogP contribution < -0.4 is 15.4 Å². The molecule has 5 nitrogen and oxygen atoms in total. The fourth-order valence-corrected chi connectivity index (χ4v) is 2.93. The van der Waals surface area contributed by atoms with Crippen LogP contribution >= 0.6 is 0 Å². The maximum absolute atomic E-state index is 11.3. The van der Waals surface area contributed by atoms with Crippen LogP contribution in [0.4, 0.5) is 11.4 Å². The van der Waals surface area contributed by atoms with Crippen LogP contribution in [0.1, 0.15) is 25.7 Å². The Balaban J connectivity index is 1.74. The van der Waals surface area contributed by atoms with Gasteiger partial charge in [0.25, 0.3) is 5.91 Å². The van der Waals surface area contributed by atoms with Crippen molar-refractivity contribution in [3.8, 4) is 5.75 Å². The number of rotatable bonds is 3. The van der Waals surface area contributed by atoms with E-state index in [1.54, 1.807) is 7.11 Å². The van der Waals surface area contributed by atoms with Gasteiger partial charge in [-0.2, -0.15) is 0 Å². The Hall–Kier alpha value is -1.75. The monoisotopic (exact) mass is 276 g/mol. The summed E-state index contributed by atoms with van der Waals surface area (Å²) in [6.07, 6.45) is 4.91. The highest BCUT2D eigenvalue weighted by Crippen LogP contribution is 2.32. The molecular formula is C15H20N2O3. The normalized spacial score (nSPS) is 25.4. The van der Waals surface area contributed by atoms with E-state index in [0.29, 0.717) is 6.04 Å². The van der Waals surface area contributed by atoms with Gasteiger partial charge in [0.05, 0.1) is 17.8 Å². The van der Waals surface area contributed by atoms with Crippen molar-refractivity contribution in [3.63, 3.8) is 0 Å². The number of amides is 1. The van der Waals surface area contributed by atoms with E-state index in [2.05, 4.69) is 10.6 Å². The fraction of sp³-hybridized carbons (Fsp3) is 0.533. The van der Waals surface area contributed by atoms with E-state index in [-0.39, 0.29) is 18.6 Å². The summed E-state index contributed by atoms with van der Waals surface area (Å²) in [6, 6.07) is 6.12. The van der Waals surface area contributed by atoms with Gasteiger partial charge in [-0.05, 0) is 31.0 Å². The molecule has 108 valence electrons. The molecule has 2 atom stereocenters. The second-order valence-electron chi connectivity index (χ2n) is 5.36. The molecule has 1 saturated carbocycles. The van der Waals surface area contributed by atoms with E-state index in [1.807, 2.05) is 18.2 Å². The van der Waals surface area contributed by atoms with Crippen molar-refractivity contribution in [1.29, 1.82) is 0 Å². The minimum Gasteiger partial charge on any atom is -0.482 e. The first-order chi connectivity index (χ1) is 9.76. The van der Waals surface area contributed by atoms with E-state index < -0.39 is 0 Å². The minimum atomic E-state index is -0.109. The third-order valence-corrected chi connectivity index (χ3v) is 3.97. The number of nitrogens with one attached hydrogen (secondary N) is 2. The molecule has 2 N–H and O–H groups in total. The van der Waals surface area contributed by atoms with Gasteiger partial charge in [0.15, 0.2) is 6.61 Å². The average Bonchev–Trinajstić information content (AvgIpc) is 2.47. The summed E-state index contributed by atoms with van der Waals surface area (Å²) in [4.78, 5) is 11.3. The lowest BCUT2D eigenvalue weighted by Crippen LogP contribution is -2.37. The molecule has 1 aliphatic carbocycles. The van der Waals surface area contributed by atoms with Crippen LogP contribution in [-0.2, 0) is 9.53 Å². The zero-order valence-electron chi connectivity index (χ0n) is 11.6. The zero-order chi connectivity index (χ0) is 13.9. The van der Waals surface area contributed by atoms with Gasteiger partial charge in [-0.25, -0.2) is 0 Å². The number of hydrogen-bond donors (Lipinski definition) is 2. The van der Waals surface area contributed by atoms with Crippen molar-refractivity contribution in [2.24, 2.45) is 0 Å². The summed E-state index contributed by atoms with van der Waals surface area (Å²) >= 11 is 0. The Morgan fingerprint density at radius 2 is 2.20 bits per heavy atom. The highest BCUT2D eigenvalue weighted by atomic mass is 16.5. The fourth-order valence-electron chi connectivity index (χ4n) is 2.93. The quantitative estimate of drug-likeness (QED) is 0.890. The van der Waals surface area contributed by atoms with Crippen molar-refractivity contribution in [1.82, 2.24) is 0 Å². The Kier molecular flexibility index (Phi) is 3.78. The Morgan fingerprint density at radius 1 is 1.35 bits per heavy atom. The summed E-state index contributed by atoms with van der Waals surface area (Å²) in [6.45, 7) is 0.0914. The Morgan fingerprint density at radius 3 is 3.05 bits per heavy atom. The molecule has 1 aromatic carbocycles. The molecule has 0 saturated heterocycles. The van der Waals surface area contributed by atoms with Gasteiger partial charge in [0.2, 0.25) is 0 Å². The van der Waals surface area contributed by atoms with Crippen molar-refractivity contribution < 1.29 is 14.3 Å². The predicted octanol–water partition coefficient (Wildman–Crippen LogP) is 2.39. The summed E-state index contributed by atoms with van der Waals surface area (Å²) in [7, 11) is 1.77. The molecular weight excluding hydrogens is 256 g/mol. The number of ether oxygens (including phenoxy) is 2. The van der Waals surface area contributed by atoms with E-state index in [4.69, 9.17) is 9.47 Å². The first-order valence-electron chi connectivity index (χ1n) is 7.12. The number of fused-ring (bicyclic) bond motifs is 1. The highest BCUT2D eigenvalue weighted by molar-refractivity contribution is 5.96. The molecule has 3 rings (SSSR count). The van der Waals surface area contributed by atoms with Gasteiger partial charge >= 0.3 is 0 Å². The lowest BCUT2D eigenvalue weighted by molar-refractivity contribution is -0.118. The molecule has 5 heteroatoms. The first-order valence-corrected chi connectivity index (χ1v) is 7.12. The molecule has 1 fully saturated rings. The first kappa shape index (κ1) is 13.2. The summed E-state index contributed by atoms with van der Waals surface area (Å²) in [5.74, 6) is 0.615. The summed E-state index contributed by atoms with van der Waals surface area (Å²) in [5, 5.41) is 6.34. The van der Waals surface area contributed by atoms with Crippen molar-refractivity contribution >= 4 is 17.3 Å². The van der Waals surface area contributed by atoms with Crippen LogP contribution in [0, 0.1) is 0 Å². The Labute approximate surface area is 118 Å². The number of anilines is 2. The number of hydrogen-bond acceptors (Lipinski definition) is 4. The molecule has 1 amide bonds. The van der Waals surface area contributed by atoms with Crippen molar-refractivity contribution in [3.05, 3.63) is 18.2 Å². The largest absolute Gasteiger partial charge is 0.482 e. The SMILES string of the molecule is COC1CCCCC1Nc1ccc2c(c1)NC(=O)CO2. The molecule has 0 radical (unpaired) electrons. The van der Waals surface area contributed by atoms with Gasteiger partial charge in [0.1, 0.15) is 5.75 Å². The van der Waals surface area contributed by atoms with E-state index in [0.717, 1.165) is 30.0 Å². The maximum atomic E-state index is 11.3. The standard InChI is InChI=1S/C15H20N2O3/c1-19-13-5-3-2-4-11(13)16-10-6-7-14-12(8-10)17-15(18)9-20-14/h6-8,11,13,16H,2-5,9H2,1H3,(H,17,18). The summed E-state index contributed by atoms with van der Waals surface area (Å²) in [5.41, 5.74) is 1.72. The highest BCUT2D eigenvalue weighted by Gasteiger charge is 2.25. The molecule has 1 aromatic rings. The van der Waals surface area contributed by atoms with Gasteiger partial charge in [0, 0.05) is 12.8 Å². The van der Waals surface area contributed by atoms with Crippen LogP contribution in [0.2, 0.25) is 0 Å². The molecule has 20 heavy (non-hydrogen) atoms. The van der Waals surface area contributed by atoms with Crippen molar-refractivity contribution in [2.45, 2.75) is 37.8 Å². The Bertz CT molecular complexity index is 504. The topological polar surface area (TPSA) is 59.6 Å². The minimum absolute atomic E-state index is 0.0914. The van der Waals surface area contributed by atoms with E-state index >= 15 is 0 Å². The van der Waals surface area contributed by atoms with Gasteiger partial charge in [-0.1, -0.05) is 12.8 Å². The van der Waals surface area contributed by atoms with Crippen LogP contribution in [-0.4, -0.2) is 31.8 Å². The number of benzene rings is 1. The van der Waals surface area contributed by atoms with E-state index in [9.17, 15) is 4.79 Å². The second kappa shape index (κ2) is 5.71. The van der Waals surface area contributed by atoms with Gasteiger partial charge in [-0.3, -0.25) is 4.79 Å². The predicted molar refractivity (Wildman–Crippen MR) is 77.2 cm³/mol. The molecule has 1 aliphatic heterocycles. The smallest absolute Gasteiger partial charge is 0.262 e. The molecule has 0 bridgehead atoms. The van der Waals surface area contributed by atoms with Gasteiger partial charge in [-0.15, -0.1) is 0 Å². The average molecular weight is 276 g/mol. The molecule has 2 unspecified atom stereocenters. The third-order valence-electron chi connectivity index (χ3n) is 3.97. The summed E-state index contributed by atoms with van der Waals surface area (Å²) < 4.78 is 10.9. The van der Waals surface area contributed by atoms with Crippen molar-refractivity contribution in [2.75, 3.05) is 24.4 Å². The number of carbonyl (C=O) groups is 1. The zero-order valence-corrected chi connectivity index (χ0v) is 11.6. The lowest BCUT2D eigenvalue weighted by atomic mass is 9.92. The molecule has 0 aromatic heterocycles. The molecule has 2 aliphatic rings. The van der Waals surface area contributed by atoms with Gasteiger partial charge < -0.3 is 20.1 Å². The third kappa shape index (κ3) is 2.72. The van der Waals surface area contributed by atoms with Crippen LogP contribution in [0.3, 0.4) is 0 Å². The van der Waals surface area contributed by atoms with Crippen LogP contribution in [0.15, 0.2) is 18.2 Å². The lowest BCUT2D eigenvalue weighted by Gasteiger charge is -2.32. The van der Waals surface area contributed by atoms with E-state index in [1.165, 1.54) is 12.8 Å². The number of methoxy groups -OCH3 is 1. The second-order valence-corrected chi connectivity index (χ2v) is 5.36. The molecule has 1 heterocycles.